The van der Waals surface area contributed by atoms with Crippen LogP contribution in [-0.2, 0) is 10.9 Å². The van der Waals surface area contributed by atoms with Gasteiger partial charge in [0.15, 0.2) is 5.82 Å². The van der Waals surface area contributed by atoms with E-state index < -0.39 is 11.9 Å². The molecular weight excluding hydrogens is 395 g/mol. The number of aromatic nitrogens is 4. The van der Waals surface area contributed by atoms with Gasteiger partial charge in [0.25, 0.3) is 0 Å². The minimum Gasteiger partial charge on any atom is -0.380 e. The third-order valence-corrected chi connectivity index (χ3v) is 6.00. The molecule has 2 aliphatic rings. The van der Waals surface area contributed by atoms with Crippen molar-refractivity contribution in [1.29, 1.82) is 0 Å². The first kappa shape index (κ1) is 21.2. The van der Waals surface area contributed by atoms with Crippen LogP contribution in [0.4, 0.5) is 13.2 Å². The van der Waals surface area contributed by atoms with Crippen LogP contribution in [0.25, 0.3) is 11.4 Å². The van der Waals surface area contributed by atoms with Crippen LogP contribution in [0.15, 0.2) is 18.3 Å². The lowest BCUT2D eigenvalue weighted by molar-refractivity contribution is -0.141. The monoisotopic (exact) mass is 423 g/mol. The van der Waals surface area contributed by atoms with Gasteiger partial charge in [0, 0.05) is 49.5 Å². The zero-order chi connectivity index (χ0) is 21.3. The third kappa shape index (κ3) is 4.51. The summed E-state index contributed by atoms with van der Waals surface area (Å²) in [6.07, 6.45) is 1.00. The van der Waals surface area contributed by atoms with Crippen molar-refractivity contribution in [3.8, 4) is 11.4 Å². The first-order valence-corrected chi connectivity index (χ1v) is 10.6. The molecule has 1 saturated carbocycles. The Hall–Kier alpha value is -2.00. The topological polar surface area (TPSA) is 56.1 Å². The van der Waals surface area contributed by atoms with Gasteiger partial charge < -0.3 is 4.74 Å². The SMILES string of the molecule is CC(C)n1nc(-c2ccc(C(F)(F)F)nc2)nc1[C@H]1CC[C@@H](N2CCCOCC2)C1. The summed E-state index contributed by atoms with van der Waals surface area (Å²) < 4.78 is 45.9. The van der Waals surface area contributed by atoms with Gasteiger partial charge in [-0.25, -0.2) is 9.67 Å². The third-order valence-electron chi connectivity index (χ3n) is 6.00. The highest BCUT2D eigenvalue weighted by Gasteiger charge is 2.35. The van der Waals surface area contributed by atoms with Crippen LogP contribution in [-0.4, -0.2) is 57.0 Å². The molecular formula is C21H28F3N5O. The van der Waals surface area contributed by atoms with Crippen molar-refractivity contribution in [3.05, 3.63) is 29.8 Å². The fourth-order valence-electron chi connectivity index (χ4n) is 4.46. The van der Waals surface area contributed by atoms with Gasteiger partial charge in [0.1, 0.15) is 11.5 Å². The van der Waals surface area contributed by atoms with E-state index in [-0.39, 0.29) is 6.04 Å². The minimum atomic E-state index is -4.45. The number of hydrogen-bond donors (Lipinski definition) is 0. The van der Waals surface area contributed by atoms with Crippen molar-refractivity contribution in [3.63, 3.8) is 0 Å². The molecule has 1 aliphatic carbocycles. The average molecular weight is 423 g/mol. The normalized spacial score (nSPS) is 23.8. The predicted octanol–water partition coefficient (Wildman–Crippen LogP) is 4.30. The molecule has 0 bridgehead atoms. The van der Waals surface area contributed by atoms with Crippen molar-refractivity contribution in [1.82, 2.24) is 24.6 Å². The van der Waals surface area contributed by atoms with Gasteiger partial charge in [0.2, 0.25) is 0 Å². The number of ether oxygens (including phenoxy) is 1. The summed E-state index contributed by atoms with van der Waals surface area (Å²) in [4.78, 5) is 10.8. The molecule has 9 heteroatoms. The Morgan fingerprint density at radius 2 is 1.97 bits per heavy atom. The molecule has 0 N–H and O–H groups in total. The zero-order valence-electron chi connectivity index (χ0n) is 17.4. The molecule has 0 aromatic carbocycles. The van der Waals surface area contributed by atoms with Crippen LogP contribution in [0.1, 0.15) is 63.0 Å². The molecule has 2 atom stereocenters. The maximum Gasteiger partial charge on any atom is 0.433 e. The quantitative estimate of drug-likeness (QED) is 0.734. The molecule has 0 amide bonds. The number of pyridine rings is 1. The van der Waals surface area contributed by atoms with E-state index >= 15 is 0 Å². The van der Waals surface area contributed by atoms with Crippen LogP contribution < -0.4 is 0 Å². The Labute approximate surface area is 174 Å². The molecule has 0 unspecified atom stereocenters. The van der Waals surface area contributed by atoms with Gasteiger partial charge in [-0.15, -0.1) is 0 Å². The minimum absolute atomic E-state index is 0.120. The average Bonchev–Trinajstić information content (AvgIpc) is 3.28. The molecule has 2 aromatic heterocycles. The summed E-state index contributed by atoms with van der Waals surface area (Å²) >= 11 is 0. The van der Waals surface area contributed by atoms with Crippen LogP contribution in [0.3, 0.4) is 0 Å². The lowest BCUT2D eigenvalue weighted by Gasteiger charge is -2.26. The highest BCUT2D eigenvalue weighted by Crippen LogP contribution is 2.38. The van der Waals surface area contributed by atoms with Crippen LogP contribution >= 0.6 is 0 Å². The maximum atomic E-state index is 12.8. The van der Waals surface area contributed by atoms with E-state index in [1.165, 1.54) is 12.3 Å². The van der Waals surface area contributed by atoms with Gasteiger partial charge in [-0.3, -0.25) is 9.88 Å². The van der Waals surface area contributed by atoms with Crippen LogP contribution in [0.5, 0.6) is 0 Å². The summed E-state index contributed by atoms with van der Waals surface area (Å²) in [6.45, 7) is 7.75. The molecule has 1 aliphatic heterocycles. The van der Waals surface area contributed by atoms with E-state index in [0.717, 1.165) is 63.9 Å². The van der Waals surface area contributed by atoms with E-state index in [0.29, 0.717) is 23.3 Å². The number of hydrogen-bond acceptors (Lipinski definition) is 5. The molecule has 2 aromatic rings. The van der Waals surface area contributed by atoms with E-state index in [1.807, 2.05) is 18.5 Å². The summed E-state index contributed by atoms with van der Waals surface area (Å²) in [5, 5.41) is 4.62. The number of alkyl halides is 3. The van der Waals surface area contributed by atoms with Crippen molar-refractivity contribution in [2.45, 2.75) is 63.7 Å². The highest BCUT2D eigenvalue weighted by atomic mass is 19.4. The Morgan fingerprint density at radius 3 is 2.67 bits per heavy atom. The first-order chi connectivity index (χ1) is 14.3. The van der Waals surface area contributed by atoms with E-state index in [1.54, 1.807) is 0 Å². The van der Waals surface area contributed by atoms with Gasteiger partial charge in [0.05, 0.1) is 6.61 Å². The maximum absolute atomic E-state index is 12.8. The Kier molecular flexibility index (Phi) is 6.11. The molecule has 2 fully saturated rings. The van der Waals surface area contributed by atoms with E-state index in [9.17, 15) is 13.2 Å². The van der Waals surface area contributed by atoms with Crippen molar-refractivity contribution in [2.24, 2.45) is 0 Å². The standard InChI is InChI=1S/C21H28F3N5O/c1-14(2)29-20(15-4-6-17(12-15)28-8-3-10-30-11-9-28)26-19(27-29)16-5-7-18(25-13-16)21(22,23)24/h5,7,13-15,17H,3-4,6,8-12H2,1-2H3/t15-,17+/m0/s1. The van der Waals surface area contributed by atoms with Crippen LogP contribution in [0.2, 0.25) is 0 Å². The second-order valence-electron chi connectivity index (χ2n) is 8.43. The van der Waals surface area contributed by atoms with E-state index in [4.69, 9.17) is 9.72 Å². The number of halogens is 3. The van der Waals surface area contributed by atoms with Crippen molar-refractivity contribution in [2.75, 3.05) is 26.3 Å². The molecule has 6 nitrogen and oxygen atoms in total. The summed E-state index contributed by atoms with van der Waals surface area (Å²) in [5.74, 6) is 1.66. The molecule has 164 valence electrons. The molecule has 3 heterocycles. The first-order valence-electron chi connectivity index (χ1n) is 10.6. The molecule has 0 spiro atoms. The number of rotatable bonds is 4. The Bertz CT molecular complexity index is 841. The fourth-order valence-corrected chi connectivity index (χ4v) is 4.46. The lowest BCUT2D eigenvalue weighted by atomic mass is 10.1. The number of nitrogens with zero attached hydrogens (tertiary/aromatic N) is 5. The van der Waals surface area contributed by atoms with Gasteiger partial charge in [-0.2, -0.15) is 18.3 Å². The van der Waals surface area contributed by atoms with Gasteiger partial charge in [-0.1, -0.05) is 0 Å². The second-order valence-corrected chi connectivity index (χ2v) is 8.43. The largest absolute Gasteiger partial charge is 0.433 e. The fraction of sp³-hybridized carbons (Fsp3) is 0.667. The zero-order valence-corrected chi connectivity index (χ0v) is 17.4. The highest BCUT2D eigenvalue weighted by molar-refractivity contribution is 5.53. The van der Waals surface area contributed by atoms with Gasteiger partial charge >= 0.3 is 6.18 Å². The van der Waals surface area contributed by atoms with Crippen LogP contribution in [0, 0.1) is 0 Å². The summed E-state index contributed by atoms with van der Waals surface area (Å²) in [6, 6.07) is 3.02. The summed E-state index contributed by atoms with van der Waals surface area (Å²) in [7, 11) is 0. The van der Waals surface area contributed by atoms with Gasteiger partial charge in [-0.05, 0) is 51.7 Å². The smallest absolute Gasteiger partial charge is 0.380 e. The van der Waals surface area contributed by atoms with Crippen molar-refractivity contribution >= 4 is 0 Å². The predicted molar refractivity (Wildman–Crippen MR) is 106 cm³/mol. The second kappa shape index (κ2) is 8.63. The molecule has 30 heavy (non-hydrogen) atoms. The van der Waals surface area contributed by atoms with Crippen molar-refractivity contribution < 1.29 is 17.9 Å². The molecule has 4 rings (SSSR count). The summed E-state index contributed by atoms with van der Waals surface area (Å²) in [5.41, 5.74) is -0.405. The lowest BCUT2D eigenvalue weighted by Crippen LogP contribution is -2.35. The molecule has 1 saturated heterocycles. The van der Waals surface area contributed by atoms with E-state index in [2.05, 4.69) is 15.0 Å². The Morgan fingerprint density at radius 1 is 1.13 bits per heavy atom. The molecule has 0 radical (unpaired) electrons. The Balaban J connectivity index is 1.54.